The molecular weight excluding hydrogens is 367 g/mol. The van der Waals surface area contributed by atoms with E-state index in [1.54, 1.807) is 19.2 Å². The summed E-state index contributed by atoms with van der Waals surface area (Å²) in [5.74, 6) is 0.977. The van der Waals surface area contributed by atoms with Crippen molar-refractivity contribution in [3.05, 3.63) is 42.2 Å². The topological polar surface area (TPSA) is 77.1 Å². The first-order valence-electron chi connectivity index (χ1n) is 8.95. The lowest BCUT2D eigenvalue weighted by molar-refractivity contribution is -0.131. The summed E-state index contributed by atoms with van der Waals surface area (Å²) in [5.41, 5.74) is 0.395. The quantitative estimate of drug-likeness (QED) is 0.874. The van der Waals surface area contributed by atoms with E-state index in [1.807, 2.05) is 0 Å². The third kappa shape index (κ3) is 3.58. The molecule has 1 N–H and O–H groups in total. The number of benzene rings is 2. The maximum Gasteiger partial charge on any atom is 0.247 e. The average Bonchev–Trinajstić information content (AvgIpc) is 3.02. The highest BCUT2D eigenvalue weighted by Crippen LogP contribution is 2.42. The van der Waals surface area contributed by atoms with Gasteiger partial charge in [-0.2, -0.15) is 0 Å². The molecule has 0 saturated carbocycles. The van der Waals surface area contributed by atoms with Crippen LogP contribution in [0.15, 0.2) is 36.4 Å². The van der Waals surface area contributed by atoms with Crippen LogP contribution in [0.1, 0.15) is 12.8 Å². The van der Waals surface area contributed by atoms with Gasteiger partial charge in [0.25, 0.3) is 0 Å². The number of nitrogens with one attached hydrogen (secondary N) is 1. The van der Waals surface area contributed by atoms with Gasteiger partial charge < -0.3 is 24.4 Å². The number of likely N-dealkylation sites (N-methyl/N-ethyl adjacent to an activating group) is 1. The molecule has 146 valence electrons. The van der Waals surface area contributed by atoms with Crippen LogP contribution in [0, 0.1) is 5.82 Å². The van der Waals surface area contributed by atoms with Crippen LogP contribution >= 0.6 is 0 Å². The van der Waals surface area contributed by atoms with Crippen LogP contribution in [0.25, 0.3) is 0 Å². The third-order valence-electron chi connectivity index (χ3n) is 4.72. The lowest BCUT2D eigenvalue weighted by Crippen LogP contribution is -2.39. The number of ether oxygens (including phenoxy) is 3. The molecule has 2 aliphatic heterocycles. The molecule has 2 heterocycles. The second kappa shape index (κ2) is 7.38. The number of carbonyl (C=O) groups excluding carboxylic acids is 2. The van der Waals surface area contributed by atoms with Crippen molar-refractivity contribution in [2.45, 2.75) is 18.9 Å². The largest absolute Gasteiger partial charge is 0.486 e. The van der Waals surface area contributed by atoms with Gasteiger partial charge in [0.15, 0.2) is 11.5 Å². The molecule has 4 rings (SSSR count). The van der Waals surface area contributed by atoms with Crippen LogP contribution in [0.3, 0.4) is 0 Å². The summed E-state index contributed by atoms with van der Waals surface area (Å²) in [7, 11) is 1.61. The van der Waals surface area contributed by atoms with E-state index in [0.29, 0.717) is 54.7 Å². The van der Waals surface area contributed by atoms with E-state index in [0.717, 1.165) is 0 Å². The van der Waals surface area contributed by atoms with Gasteiger partial charge in [-0.15, -0.1) is 0 Å². The molecule has 1 fully saturated rings. The molecule has 28 heavy (non-hydrogen) atoms. The van der Waals surface area contributed by atoms with Crippen molar-refractivity contribution in [2.24, 2.45) is 0 Å². The minimum atomic E-state index is -0.533. The van der Waals surface area contributed by atoms with Crippen LogP contribution in [-0.4, -0.2) is 43.0 Å². The fraction of sp³-hybridized carbons (Fsp3) is 0.300. The van der Waals surface area contributed by atoms with Gasteiger partial charge in [0.1, 0.15) is 36.6 Å². The number of likely N-dealkylation sites (tertiary alicyclic amines) is 1. The van der Waals surface area contributed by atoms with Gasteiger partial charge in [-0.3, -0.25) is 9.59 Å². The first-order valence-corrected chi connectivity index (χ1v) is 8.95. The Labute approximate surface area is 161 Å². The molecule has 2 aromatic carbocycles. The van der Waals surface area contributed by atoms with Crippen LogP contribution < -0.4 is 19.5 Å². The highest BCUT2D eigenvalue weighted by Gasteiger charge is 2.34. The van der Waals surface area contributed by atoms with Gasteiger partial charge in [0.2, 0.25) is 11.8 Å². The highest BCUT2D eigenvalue weighted by atomic mass is 19.1. The Hall–Kier alpha value is -3.29. The van der Waals surface area contributed by atoms with Crippen LogP contribution in [0.4, 0.5) is 10.1 Å². The number of halogens is 1. The summed E-state index contributed by atoms with van der Waals surface area (Å²) in [6, 6.07) is 8.33. The molecule has 0 spiro atoms. The maximum absolute atomic E-state index is 13.1. The molecule has 0 aromatic heterocycles. The van der Waals surface area contributed by atoms with E-state index in [4.69, 9.17) is 14.2 Å². The summed E-state index contributed by atoms with van der Waals surface area (Å²) >= 11 is 0. The van der Waals surface area contributed by atoms with Crippen molar-refractivity contribution in [3.8, 4) is 23.0 Å². The number of hydrogen-bond donors (Lipinski definition) is 1. The predicted octanol–water partition coefficient (Wildman–Crippen LogP) is 2.95. The average molecular weight is 386 g/mol. The molecule has 0 radical (unpaired) electrons. The Morgan fingerprint density at radius 3 is 2.64 bits per heavy atom. The van der Waals surface area contributed by atoms with E-state index in [9.17, 15) is 14.0 Å². The molecule has 0 bridgehead atoms. The molecule has 1 saturated heterocycles. The molecule has 8 heteroatoms. The Bertz CT molecular complexity index is 916. The van der Waals surface area contributed by atoms with Crippen LogP contribution in [0.5, 0.6) is 23.0 Å². The standard InChI is InChI=1S/C20H19FN2O5/c1-23-16(6-7-18(23)24)20(25)22-15-10-14(11-17-19(15)27-9-8-26-17)28-13-4-2-12(21)3-5-13/h2-5,10-11,16H,6-9H2,1H3,(H,22,25). The number of amides is 2. The Kier molecular flexibility index (Phi) is 4.77. The van der Waals surface area contributed by atoms with Gasteiger partial charge in [-0.25, -0.2) is 4.39 Å². The smallest absolute Gasteiger partial charge is 0.247 e. The van der Waals surface area contributed by atoms with Gasteiger partial charge in [0.05, 0.1) is 5.69 Å². The minimum Gasteiger partial charge on any atom is -0.486 e. The number of fused-ring (bicyclic) bond motifs is 1. The number of rotatable bonds is 4. The van der Waals surface area contributed by atoms with Crippen molar-refractivity contribution in [1.82, 2.24) is 4.90 Å². The summed E-state index contributed by atoms with van der Waals surface area (Å²) in [5, 5.41) is 2.82. The normalized spacial score (nSPS) is 18.1. The van der Waals surface area contributed by atoms with Gasteiger partial charge in [-0.05, 0) is 30.7 Å². The Morgan fingerprint density at radius 1 is 1.18 bits per heavy atom. The molecule has 1 unspecified atom stereocenters. The zero-order chi connectivity index (χ0) is 19.7. The van der Waals surface area contributed by atoms with Crippen LogP contribution in [0.2, 0.25) is 0 Å². The fourth-order valence-corrected chi connectivity index (χ4v) is 3.25. The van der Waals surface area contributed by atoms with Gasteiger partial charge in [0, 0.05) is 25.6 Å². The van der Waals surface area contributed by atoms with E-state index in [1.165, 1.54) is 29.2 Å². The SMILES string of the molecule is CN1C(=O)CCC1C(=O)Nc1cc(Oc2ccc(F)cc2)cc2c1OCCO2. The Balaban J connectivity index is 1.60. The van der Waals surface area contributed by atoms with Crippen molar-refractivity contribution in [3.63, 3.8) is 0 Å². The summed E-state index contributed by atoms with van der Waals surface area (Å²) in [4.78, 5) is 25.8. The monoisotopic (exact) mass is 386 g/mol. The molecule has 2 aliphatic rings. The number of anilines is 1. The molecule has 2 amide bonds. The second-order valence-corrected chi connectivity index (χ2v) is 6.60. The van der Waals surface area contributed by atoms with Gasteiger partial charge >= 0.3 is 0 Å². The predicted molar refractivity (Wildman–Crippen MR) is 98.3 cm³/mol. The molecular formula is C20H19FN2O5. The first-order chi connectivity index (χ1) is 13.5. The lowest BCUT2D eigenvalue weighted by Gasteiger charge is -2.24. The van der Waals surface area contributed by atoms with Crippen LogP contribution in [-0.2, 0) is 9.59 Å². The minimum absolute atomic E-state index is 0.0600. The van der Waals surface area contributed by atoms with Crippen molar-refractivity contribution < 1.29 is 28.2 Å². The lowest BCUT2D eigenvalue weighted by atomic mass is 10.2. The number of hydrogen-bond acceptors (Lipinski definition) is 5. The second-order valence-electron chi connectivity index (χ2n) is 6.60. The third-order valence-corrected chi connectivity index (χ3v) is 4.72. The number of nitrogens with zero attached hydrogens (tertiary/aromatic N) is 1. The molecule has 1 atom stereocenters. The molecule has 0 aliphatic carbocycles. The van der Waals surface area contributed by atoms with E-state index < -0.39 is 6.04 Å². The van der Waals surface area contributed by atoms with E-state index in [2.05, 4.69) is 5.32 Å². The van der Waals surface area contributed by atoms with E-state index in [-0.39, 0.29) is 17.6 Å². The fourth-order valence-electron chi connectivity index (χ4n) is 3.25. The van der Waals surface area contributed by atoms with Gasteiger partial charge in [-0.1, -0.05) is 0 Å². The summed E-state index contributed by atoms with van der Waals surface area (Å²) in [6.07, 6.45) is 0.812. The molecule has 7 nitrogen and oxygen atoms in total. The zero-order valence-corrected chi connectivity index (χ0v) is 15.2. The van der Waals surface area contributed by atoms with Crippen molar-refractivity contribution >= 4 is 17.5 Å². The van der Waals surface area contributed by atoms with E-state index >= 15 is 0 Å². The summed E-state index contributed by atoms with van der Waals surface area (Å²) in [6.45, 7) is 0.732. The first kappa shape index (κ1) is 18.1. The summed E-state index contributed by atoms with van der Waals surface area (Å²) < 4.78 is 30.2. The van der Waals surface area contributed by atoms with Crippen molar-refractivity contribution in [2.75, 3.05) is 25.6 Å². The van der Waals surface area contributed by atoms with Crippen molar-refractivity contribution in [1.29, 1.82) is 0 Å². The Morgan fingerprint density at radius 2 is 1.93 bits per heavy atom. The zero-order valence-electron chi connectivity index (χ0n) is 15.2. The molecule has 2 aromatic rings. The maximum atomic E-state index is 13.1. The number of carbonyl (C=O) groups is 2. The highest BCUT2D eigenvalue weighted by molar-refractivity contribution is 6.00.